The minimum Gasteiger partial charge on any atom is -0.348 e. The summed E-state index contributed by atoms with van der Waals surface area (Å²) in [5.41, 5.74) is 0.431. The van der Waals surface area contributed by atoms with Crippen LogP contribution >= 0.6 is 27.5 Å². The number of carbonyl (C=O) groups is 1. The van der Waals surface area contributed by atoms with Crippen LogP contribution in [-0.2, 0) is 0 Å². The van der Waals surface area contributed by atoms with Gasteiger partial charge in [-0.3, -0.25) is 4.79 Å². The zero-order valence-corrected chi connectivity index (χ0v) is 10.6. The van der Waals surface area contributed by atoms with E-state index in [0.717, 1.165) is 11.8 Å². The van der Waals surface area contributed by atoms with Gasteiger partial charge in [-0.2, -0.15) is 0 Å². The third kappa shape index (κ3) is 2.55. The van der Waals surface area contributed by atoms with Gasteiger partial charge < -0.3 is 5.32 Å². The van der Waals surface area contributed by atoms with Crippen LogP contribution in [0.15, 0.2) is 5.38 Å². The summed E-state index contributed by atoms with van der Waals surface area (Å²) in [7, 11) is 0. The lowest BCUT2D eigenvalue weighted by atomic mass is 10.1. The molecule has 6 heteroatoms. The quantitative estimate of drug-likeness (QED) is 0.864. The molecule has 1 fully saturated rings. The second kappa shape index (κ2) is 5.03. The lowest BCUT2D eigenvalue weighted by Crippen LogP contribution is -2.38. The molecule has 82 valence electrons. The van der Waals surface area contributed by atoms with Crippen LogP contribution in [0.5, 0.6) is 0 Å². The van der Waals surface area contributed by atoms with E-state index < -0.39 is 0 Å². The van der Waals surface area contributed by atoms with Crippen LogP contribution in [0.2, 0.25) is 0 Å². The molecule has 0 aromatic carbocycles. The molecule has 1 amide bonds. The van der Waals surface area contributed by atoms with Gasteiger partial charge >= 0.3 is 0 Å². The summed E-state index contributed by atoms with van der Waals surface area (Å²) >= 11 is 4.68. The predicted octanol–water partition coefficient (Wildman–Crippen LogP) is 1.83. The lowest BCUT2D eigenvalue weighted by Gasteiger charge is -2.17. The molecule has 1 aromatic rings. The number of halogens is 1. The van der Waals surface area contributed by atoms with Crippen LogP contribution < -0.4 is 5.32 Å². The van der Waals surface area contributed by atoms with Crippen LogP contribution in [0, 0.1) is 5.92 Å². The van der Waals surface area contributed by atoms with E-state index in [4.69, 9.17) is 0 Å². The van der Waals surface area contributed by atoms with Gasteiger partial charge in [-0.15, -0.1) is 5.10 Å². The van der Waals surface area contributed by atoms with Gasteiger partial charge in [0, 0.05) is 16.8 Å². The maximum Gasteiger partial charge on any atom is 0.272 e. The van der Waals surface area contributed by atoms with Gasteiger partial charge in [-0.1, -0.05) is 26.8 Å². The molecule has 0 bridgehead atoms. The highest BCUT2D eigenvalue weighted by atomic mass is 79.9. The molecule has 2 unspecified atom stereocenters. The first-order valence-electron chi connectivity index (χ1n) is 4.95. The minimum absolute atomic E-state index is 0.0957. The summed E-state index contributed by atoms with van der Waals surface area (Å²) in [6.07, 6.45) is 3.45. The fourth-order valence-electron chi connectivity index (χ4n) is 1.92. The number of carbonyl (C=O) groups excluding carboxylic acids is 1. The highest BCUT2D eigenvalue weighted by molar-refractivity contribution is 9.09. The van der Waals surface area contributed by atoms with Crippen molar-refractivity contribution in [1.82, 2.24) is 14.9 Å². The van der Waals surface area contributed by atoms with Crippen LogP contribution in [0.3, 0.4) is 0 Å². The van der Waals surface area contributed by atoms with Crippen LogP contribution in [0.1, 0.15) is 29.8 Å². The van der Waals surface area contributed by atoms with Gasteiger partial charge in [-0.05, 0) is 30.3 Å². The summed E-state index contributed by atoms with van der Waals surface area (Å²) in [5, 5.41) is 9.40. The molecular formula is C9H12BrN3OS. The van der Waals surface area contributed by atoms with Crippen molar-refractivity contribution >= 4 is 33.4 Å². The average molecular weight is 290 g/mol. The van der Waals surface area contributed by atoms with E-state index in [1.807, 2.05) is 0 Å². The van der Waals surface area contributed by atoms with Crippen LogP contribution in [0.4, 0.5) is 0 Å². The molecule has 0 saturated heterocycles. The van der Waals surface area contributed by atoms with Gasteiger partial charge in [0.05, 0.1) is 0 Å². The first-order valence-corrected chi connectivity index (χ1v) is 6.91. The minimum atomic E-state index is -0.0957. The Labute approximate surface area is 101 Å². The fraction of sp³-hybridized carbons (Fsp3) is 0.667. The van der Waals surface area contributed by atoms with E-state index in [0.29, 0.717) is 17.7 Å². The average Bonchev–Trinajstić information content (AvgIpc) is 2.87. The van der Waals surface area contributed by atoms with Crippen LogP contribution in [0.25, 0.3) is 0 Å². The van der Waals surface area contributed by atoms with Gasteiger partial charge in [0.25, 0.3) is 5.91 Å². The number of alkyl halides is 1. The van der Waals surface area contributed by atoms with Crippen molar-refractivity contribution in [1.29, 1.82) is 0 Å². The monoisotopic (exact) mass is 289 g/mol. The molecule has 0 aliphatic heterocycles. The van der Waals surface area contributed by atoms with Gasteiger partial charge in [0.15, 0.2) is 5.69 Å². The first-order chi connectivity index (χ1) is 7.31. The number of nitrogens with one attached hydrogen (secondary N) is 1. The van der Waals surface area contributed by atoms with Crippen LogP contribution in [-0.4, -0.2) is 26.9 Å². The van der Waals surface area contributed by atoms with Crippen molar-refractivity contribution in [2.24, 2.45) is 5.92 Å². The number of hydrogen-bond donors (Lipinski definition) is 1. The van der Waals surface area contributed by atoms with Crippen molar-refractivity contribution in [2.75, 3.05) is 5.33 Å². The Kier molecular flexibility index (Phi) is 3.69. The van der Waals surface area contributed by atoms with Gasteiger partial charge in [-0.25, -0.2) is 0 Å². The summed E-state index contributed by atoms with van der Waals surface area (Å²) in [6.45, 7) is 0. The third-order valence-corrected chi connectivity index (χ3v) is 4.10. The molecule has 4 nitrogen and oxygen atoms in total. The van der Waals surface area contributed by atoms with E-state index in [-0.39, 0.29) is 5.91 Å². The van der Waals surface area contributed by atoms with Crippen molar-refractivity contribution in [3.8, 4) is 0 Å². The maximum atomic E-state index is 11.7. The Morgan fingerprint density at radius 2 is 2.53 bits per heavy atom. The zero-order valence-electron chi connectivity index (χ0n) is 8.15. The van der Waals surface area contributed by atoms with Crippen molar-refractivity contribution < 1.29 is 4.79 Å². The standard InChI is InChI=1S/C9H12BrN3OS/c10-4-6-2-1-3-7(6)11-9(14)8-5-15-13-12-8/h5-7H,1-4H2,(H,11,14). The smallest absolute Gasteiger partial charge is 0.272 e. The van der Waals surface area contributed by atoms with Crippen molar-refractivity contribution in [2.45, 2.75) is 25.3 Å². The number of hydrogen-bond acceptors (Lipinski definition) is 4. The molecule has 2 rings (SSSR count). The Morgan fingerprint density at radius 1 is 1.67 bits per heavy atom. The second-order valence-electron chi connectivity index (χ2n) is 3.72. The van der Waals surface area contributed by atoms with E-state index in [9.17, 15) is 4.79 Å². The zero-order chi connectivity index (χ0) is 10.7. The molecule has 1 heterocycles. The fourth-order valence-corrected chi connectivity index (χ4v) is 3.13. The van der Waals surface area contributed by atoms with Crippen molar-refractivity contribution in [3.63, 3.8) is 0 Å². The number of rotatable bonds is 3. The Bertz CT molecular complexity index is 330. The molecule has 1 aliphatic rings. The van der Waals surface area contributed by atoms with E-state index >= 15 is 0 Å². The largest absolute Gasteiger partial charge is 0.348 e. The predicted molar refractivity (Wildman–Crippen MR) is 62.3 cm³/mol. The Morgan fingerprint density at radius 3 is 3.20 bits per heavy atom. The summed E-state index contributed by atoms with van der Waals surface area (Å²) < 4.78 is 3.68. The molecule has 1 N–H and O–H groups in total. The van der Waals surface area contributed by atoms with E-state index in [1.54, 1.807) is 5.38 Å². The van der Waals surface area contributed by atoms with E-state index in [1.165, 1.54) is 24.4 Å². The number of nitrogens with zero attached hydrogens (tertiary/aromatic N) is 2. The molecule has 0 spiro atoms. The highest BCUT2D eigenvalue weighted by Gasteiger charge is 2.28. The van der Waals surface area contributed by atoms with Gasteiger partial charge in [0.1, 0.15) is 0 Å². The maximum absolute atomic E-state index is 11.7. The molecule has 1 saturated carbocycles. The van der Waals surface area contributed by atoms with E-state index in [2.05, 4.69) is 30.8 Å². The molecule has 1 aromatic heterocycles. The molecule has 1 aliphatic carbocycles. The summed E-state index contributed by atoms with van der Waals surface area (Å²) in [6, 6.07) is 0.290. The topological polar surface area (TPSA) is 54.9 Å². The summed E-state index contributed by atoms with van der Waals surface area (Å²) in [4.78, 5) is 11.7. The SMILES string of the molecule is O=C(NC1CCCC1CBr)c1csnn1. The number of aromatic nitrogens is 2. The lowest BCUT2D eigenvalue weighted by molar-refractivity contribution is 0.0925. The highest BCUT2D eigenvalue weighted by Crippen LogP contribution is 2.27. The normalized spacial score (nSPS) is 25.4. The molecule has 2 atom stereocenters. The molecular weight excluding hydrogens is 278 g/mol. The Hall–Kier alpha value is -0.490. The third-order valence-electron chi connectivity index (χ3n) is 2.77. The second-order valence-corrected chi connectivity index (χ2v) is 4.97. The van der Waals surface area contributed by atoms with Crippen molar-refractivity contribution in [3.05, 3.63) is 11.1 Å². The number of amides is 1. The molecule has 0 radical (unpaired) electrons. The Balaban J connectivity index is 1.94. The first kappa shape index (κ1) is 11.0. The molecule has 15 heavy (non-hydrogen) atoms. The van der Waals surface area contributed by atoms with Gasteiger partial charge in [0.2, 0.25) is 0 Å². The summed E-state index contributed by atoms with van der Waals surface area (Å²) in [5.74, 6) is 0.460.